The summed E-state index contributed by atoms with van der Waals surface area (Å²) >= 11 is 1.31. The molecule has 0 bridgehead atoms. The maximum absolute atomic E-state index is 13.5. The van der Waals surface area contributed by atoms with Crippen LogP contribution in [-0.4, -0.2) is 24.2 Å². The number of ether oxygens (including phenoxy) is 1. The van der Waals surface area contributed by atoms with Crippen LogP contribution in [0, 0.1) is 12.7 Å². The molecular weight excluding hydrogens is 339 g/mol. The number of aryl methyl sites for hydroxylation is 1. The molecule has 0 aliphatic heterocycles. The standard InChI is InChI=1S/C19H19FN2O2S/c1-13-4-3-5-14(10-13)11-18(23)21-19-22(8-9-24-2)16-7-6-15(20)12-17(16)25-19/h3-7,10,12H,8-9,11H2,1-2H3. The number of amides is 1. The number of thiazole rings is 1. The average molecular weight is 358 g/mol. The van der Waals surface area contributed by atoms with Crippen LogP contribution in [0.5, 0.6) is 0 Å². The van der Waals surface area contributed by atoms with E-state index >= 15 is 0 Å². The highest BCUT2D eigenvalue weighted by Gasteiger charge is 2.09. The topological polar surface area (TPSA) is 43.6 Å². The fourth-order valence-electron chi connectivity index (χ4n) is 2.67. The van der Waals surface area contributed by atoms with Crippen molar-refractivity contribution in [1.82, 2.24) is 4.57 Å². The summed E-state index contributed by atoms with van der Waals surface area (Å²) in [5, 5.41) is 0. The van der Waals surface area contributed by atoms with Gasteiger partial charge in [-0.15, -0.1) is 0 Å². The lowest BCUT2D eigenvalue weighted by molar-refractivity contribution is -0.117. The van der Waals surface area contributed by atoms with Crippen LogP contribution >= 0.6 is 11.3 Å². The van der Waals surface area contributed by atoms with Crippen LogP contribution in [0.2, 0.25) is 0 Å². The summed E-state index contributed by atoms with van der Waals surface area (Å²) < 4.78 is 21.3. The van der Waals surface area contributed by atoms with Crippen molar-refractivity contribution in [2.45, 2.75) is 19.9 Å². The summed E-state index contributed by atoms with van der Waals surface area (Å²) in [6.45, 7) is 3.03. The Morgan fingerprint density at radius 2 is 2.12 bits per heavy atom. The number of carbonyl (C=O) groups is 1. The number of aromatic nitrogens is 1. The van der Waals surface area contributed by atoms with E-state index in [1.165, 1.54) is 23.5 Å². The molecule has 1 aromatic heterocycles. The normalized spacial score (nSPS) is 12.0. The van der Waals surface area contributed by atoms with E-state index in [4.69, 9.17) is 4.74 Å². The quantitative estimate of drug-likeness (QED) is 0.701. The van der Waals surface area contributed by atoms with E-state index in [2.05, 4.69) is 4.99 Å². The monoisotopic (exact) mass is 358 g/mol. The minimum absolute atomic E-state index is 0.219. The first-order valence-corrected chi connectivity index (χ1v) is 8.79. The second-order valence-corrected chi connectivity index (χ2v) is 6.82. The lowest BCUT2D eigenvalue weighted by Gasteiger charge is -2.04. The van der Waals surface area contributed by atoms with E-state index in [1.807, 2.05) is 35.8 Å². The van der Waals surface area contributed by atoms with Gasteiger partial charge in [0, 0.05) is 13.7 Å². The van der Waals surface area contributed by atoms with E-state index in [0.717, 1.165) is 21.3 Å². The molecule has 2 aromatic carbocycles. The third-order valence-corrected chi connectivity index (χ3v) is 4.86. The minimum Gasteiger partial charge on any atom is -0.383 e. The summed E-state index contributed by atoms with van der Waals surface area (Å²) in [4.78, 5) is 17.2. The second-order valence-electron chi connectivity index (χ2n) is 5.81. The van der Waals surface area contributed by atoms with Crippen molar-refractivity contribution in [3.63, 3.8) is 0 Å². The molecule has 1 heterocycles. The van der Waals surface area contributed by atoms with Gasteiger partial charge in [-0.25, -0.2) is 4.39 Å². The van der Waals surface area contributed by atoms with Crippen molar-refractivity contribution in [2.24, 2.45) is 4.99 Å². The van der Waals surface area contributed by atoms with Crippen LogP contribution in [0.25, 0.3) is 10.2 Å². The van der Waals surface area contributed by atoms with Crippen LogP contribution in [0.4, 0.5) is 4.39 Å². The Kier molecular flexibility index (Phi) is 5.40. The molecule has 6 heteroatoms. The van der Waals surface area contributed by atoms with Crippen molar-refractivity contribution in [3.05, 3.63) is 64.2 Å². The van der Waals surface area contributed by atoms with E-state index in [0.29, 0.717) is 18.0 Å². The Bertz CT molecular complexity index is 975. The Morgan fingerprint density at radius 3 is 2.88 bits per heavy atom. The summed E-state index contributed by atoms with van der Waals surface area (Å²) in [6, 6.07) is 12.4. The summed E-state index contributed by atoms with van der Waals surface area (Å²) in [5.74, 6) is -0.519. The fourth-order valence-corrected chi connectivity index (χ4v) is 3.77. The Labute approximate surface area is 149 Å². The van der Waals surface area contributed by atoms with Crippen molar-refractivity contribution >= 4 is 27.5 Å². The molecule has 3 aromatic rings. The number of carbonyl (C=O) groups excluding carboxylic acids is 1. The Hall–Kier alpha value is -2.31. The van der Waals surface area contributed by atoms with Crippen molar-refractivity contribution in [1.29, 1.82) is 0 Å². The van der Waals surface area contributed by atoms with Gasteiger partial charge in [0.15, 0.2) is 4.80 Å². The van der Waals surface area contributed by atoms with Gasteiger partial charge >= 0.3 is 0 Å². The van der Waals surface area contributed by atoms with Gasteiger partial charge in [-0.2, -0.15) is 4.99 Å². The first-order chi connectivity index (χ1) is 12.1. The van der Waals surface area contributed by atoms with E-state index < -0.39 is 0 Å². The molecule has 4 nitrogen and oxygen atoms in total. The maximum Gasteiger partial charge on any atom is 0.252 e. The number of nitrogens with zero attached hydrogens (tertiary/aromatic N) is 2. The SMILES string of the molecule is COCCn1c(=NC(=O)Cc2cccc(C)c2)sc2cc(F)ccc21. The largest absolute Gasteiger partial charge is 0.383 e. The van der Waals surface area contributed by atoms with Crippen molar-refractivity contribution in [2.75, 3.05) is 13.7 Å². The van der Waals surface area contributed by atoms with Crippen molar-refractivity contribution < 1.29 is 13.9 Å². The van der Waals surface area contributed by atoms with Gasteiger partial charge < -0.3 is 9.30 Å². The lowest BCUT2D eigenvalue weighted by atomic mass is 10.1. The van der Waals surface area contributed by atoms with Gasteiger partial charge in [-0.1, -0.05) is 41.2 Å². The third-order valence-electron chi connectivity index (χ3n) is 3.82. The summed E-state index contributed by atoms with van der Waals surface area (Å²) in [7, 11) is 1.62. The summed E-state index contributed by atoms with van der Waals surface area (Å²) in [5.41, 5.74) is 2.90. The highest BCUT2D eigenvalue weighted by molar-refractivity contribution is 7.16. The molecule has 0 aliphatic carbocycles. The first-order valence-electron chi connectivity index (χ1n) is 7.98. The number of fused-ring (bicyclic) bond motifs is 1. The highest BCUT2D eigenvalue weighted by Crippen LogP contribution is 2.18. The molecule has 0 saturated carbocycles. The Morgan fingerprint density at radius 1 is 1.28 bits per heavy atom. The molecule has 0 radical (unpaired) electrons. The molecule has 0 N–H and O–H groups in total. The number of hydrogen-bond acceptors (Lipinski definition) is 3. The zero-order chi connectivity index (χ0) is 17.8. The van der Waals surface area contributed by atoms with Crippen LogP contribution in [0.15, 0.2) is 47.5 Å². The minimum atomic E-state index is -0.301. The lowest BCUT2D eigenvalue weighted by Crippen LogP contribution is -2.19. The molecule has 0 saturated heterocycles. The number of methoxy groups -OCH3 is 1. The molecule has 3 rings (SSSR count). The van der Waals surface area contributed by atoms with E-state index in [-0.39, 0.29) is 18.1 Å². The number of hydrogen-bond donors (Lipinski definition) is 0. The van der Waals surface area contributed by atoms with Crippen LogP contribution in [-0.2, 0) is 22.5 Å². The molecular formula is C19H19FN2O2S. The first kappa shape index (κ1) is 17.5. The second kappa shape index (κ2) is 7.72. The molecule has 0 aliphatic rings. The number of halogens is 1. The van der Waals surface area contributed by atoms with Gasteiger partial charge in [-0.05, 0) is 30.7 Å². The smallest absolute Gasteiger partial charge is 0.252 e. The highest BCUT2D eigenvalue weighted by atomic mass is 32.1. The molecule has 25 heavy (non-hydrogen) atoms. The van der Waals surface area contributed by atoms with E-state index in [1.54, 1.807) is 13.2 Å². The molecule has 0 unspecified atom stereocenters. The Balaban J connectivity index is 1.97. The maximum atomic E-state index is 13.5. The molecule has 130 valence electrons. The molecule has 1 amide bonds. The number of benzene rings is 2. The zero-order valence-corrected chi connectivity index (χ0v) is 15.0. The predicted octanol–water partition coefficient (Wildman–Crippen LogP) is 3.47. The molecule has 0 spiro atoms. The van der Waals surface area contributed by atoms with Gasteiger partial charge in [-0.3, -0.25) is 4.79 Å². The van der Waals surface area contributed by atoms with Crippen molar-refractivity contribution in [3.8, 4) is 0 Å². The van der Waals surface area contributed by atoms with Gasteiger partial charge in [0.25, 0.3) is 5.91 Å². The van der Waals surface area contributed by atoms with Crippen LogP contribution in [0.3, 0.4) is 0 Å². The molecule has 0 atom stereocenters. The zero-order valence-electron chi connectivity index (χ0n) is 14.2. The fraction of sp³-hybridized carbons (Fsp3) is 0.263. The van der Waals surface area contributed by atoms with Gasteiger partial charge in [0.2, 0.25) is 0 Å². The van der Waals surface area contributed by atoms with Gasteiger partial charge in [0.1, 0.15) is 5.82 Å². The third kappa shape index (κ3) is 4.21. The summed E-state index contributed by atoms with van der Waals surface area (Å²) in [6.07, 6.45) is 0.245. The average Bonchev–Trinajstić information content (AvgIpc) is 2.88. The van der Waals surface area contributed by atoms with E-state index in [9.17, 15) is 9.18 Å². The van der Waals surface area contributed by atoms with Crippen LogP contribution < -0.4 is 4.80 Å². The predicted molar refractivity (Wildman–Crippen MR) is 97.1 cm³/mol. The molecule has 0 fully saturated rings. The van der Waals surface area contributed by atoms with Crippen LogP contribution in [0.1, 0.15) is 11.1 Å². The van der Waals surface area contributed by atoms with Gasteiger partial charge in [0.05, 0.1) is 23.2 Å². The number of rotatable bonds is 5.